The molecule has 0 aliphatic rings. The molecule has 8 heteroatoms. The van der Waals surface area contributed by atoms with Gasteiger partial charge in [-0.05, 0) is 55.5 Å². The number of amides is 1. The van der Waals surface area contributed by atoms with Crippen LogP contribution in [0.4, 0.5) is 10.1 Å². The van der Waals surface area contributed by atoms with Crippen LogP contribution in [0.15, 0.2) is 48.5 Å². The molecule has 1 atom stereocenters. The quantitative estimate of drug-likeness (QED) is 0.748. The Balaban J connectivity index is 1.79. The van der Waals surface area contributed by atoms with Crippen LogP contribution in [0.25, 0.3) is 0 Å². The van der Waals surface area contributed by atoms with Gasteiger partial charge >= 0.3 is 11.9 Å². The highest BCUT2D eigenvalue weighted by molar-refractivity contribution is 5.94. The fourth-order valence-corrected chi connectivity index (χ4v) is 2.02. The van der Waals surface area contributed by atoms with E-state index in [4.69, 9.17) is 9.47 Å². The van der Waals surface area contributed by atoms with E-state index in [2.05, 4.69) is 10.1 Å². The lowest BCUT2D eigenvalue weighted by Gasteiger charge is -2.14. The molecule has 1 N–H and O–H groups in total. The van der Waals surface area contributed by atoms with Crippen LogP contribution < -0.4 is 10.1 Å². The highest BCUT2D eigenvalue weighted by Crippen LogP contribution is 2.14. The van der Waals surface area contributed by atoms with Gasteiger partial charge in [-0.3, -0.25) is 4.79 Å². The summed E-state index contributed by atoms with van der Waals surface area (Å²) in [6.45, 7) is 0.948. The summed E-state index contributed by atoms with van der Waals surface area (Å²) in [5.74, 6) is -1.90. The smallest absolute Gasteiger partial charge is 0.347 e. The minimum absolute atomic E-state index is 0.302. The Kier molecular flexibility index (Phi) is 6.87. The summed E-state index contributed by atoms with van der Waals surface area (Å²) in [4.78, 5) is 35.1. The molecule has 0 aromatic heterocycles. The molecule has 0 unspecified atom stereocenters. The van der Waals surface area contributed by atoms with Crippen LogP contribution in [0.3, 0.4) is 0 Å². The number of hydrogen-bond acceptors (Lipinski definition) is 6. The van der Waals surface area contributed by atoms with Crippen molar-refractivity contribution >= 4 is 23.5 Å². The molecule has 0 fully saturated rings. The Hall–Kier alpha value is -3.42. The number of esters is 2. The number of halogens is 1. The lowest BCUT2D eigenvalue weighted by Crippen LogP contribution is -2.29. The number of benzene rings is 2. The van der Waals surface area contributed by atoms with Crippen molar-refractivity contribution in [3.63, 3.8) is 0 Å². The second-order valence-corrected chi connectivity index (χ2v) is 5.44. The van der Waals surface area contributed by atoms with Crippen LogP contribution in [0.5, 0.6) is 5.75 Å². The van der Waals surface area contributed by atoms with Crippen LogP contribution in [-0.2, 0) is 19.1 Å². The Morgan fingerprint density at radius 1 is 1.04 bits per heavy atom. The summed E-state index contributed by atoms with van der Waals surface area (Å²) in [7, 11) is 1.27. The zero-order valence-electron chi connectivity index (χ0n) is 14.7. The van der Waals surface area contributed by atoms with Gasteiger partial charge < -0.3 is 19.5 Å². The first-order chi connectivity index (χ1) is 12.9. The Bertz CT molecular complexity index is 804. The monoisotopic (exact) mass is 375 g/mol. The van der Waals surface area contributed by atoms with Crippen LogP contribution >= 0.6 is 0 Å². The summed E-state index contributed by atoms with van der Waals surface area (Å²) >= 11 is 0. The molecular weight excluding hydrogens is 357 g/mol. The predicted octanol–water partition coefficient (Wildman–Crippen LogP) is 2.56. The summed E-state index contributed by atoms with van der Waals surface area (Å²) in [6, 6.07) is 11.2. The van der Waals surface area contributed by atoms with Crippen molar-refractivity contribution in [3.8, 4) is 5.75 Å². The van der Waals surface area contributed by atoms with E-state index in [0.29, 0.717) is 17.0 Å². The molecule has 142 valence electrons. The molecule has 27 heavy (non-hydrogen) atoms. The van der Waals surface area contributed by atoms with Gasteiger partial charge in [-0.15, -0.1) is 0 Å². The highest BCUT2D eigenvalue weighted by atomic mass is 19.1. The maximum Gasteiger partial charge on any atom is 0.347 e. The molecule has 0 aliphatic carbocycles. The molecule has 0 saturated carbocycles. The van der Waals surface area contributed by atoms with E-state index in [1.807, 2.05) is 0 Å². The normalized spacial score (nSPS) is 11.2. The summed E-state index contributed by atoms with van der Waals surface area (Å²) < 4.78 is 27.6. The molecule has 0 heterocycles. The maximum atomic E-state index is 12.8. The van der Waals surface area contributed by atoms with Gasteiger partial charge in [0, 0.05) is 5.69 Å². The number of methoxy groups -OCH3 is 1. The van der Waals surface area contributed by atoms with E-state index in [1.165, 1.54) is 62.6 Å². The van der Waals surface area contributed by atoms with Crippen LogP contribution in [0.1, 0.15) is 17.3 Å². The highest BCUT2D eigenvalue weighted by Gasteiger charge is 2.18. The van der Waals surface area contributed by atoms with E-state index < -0.39 is 36.4 Å². The summed E-state index contributed by atoms with van der Waals surface area (Å²) in [5.41, 5.74) is 0.771. The molecule has 7 nitrogen and oxygen atoms in total. The van der Waals surface area contributed by atoms with Crippen molar-refractivity contribution in [1.82, 2.24) is 0 Å². The third-order valence-corrected chi connectivity index (χ3v) is 3.39. The lowest BCUT2D eigenvalue weighted by molar-refractivity contribution is -0.153. The zero-order chi connectivity index (χ0) is 19.8. The number of hydrogen-bond donors (Lipinski definition) is 1. The Morgan fingerprint density at radius 3 is 2.26 bits per heavy atom. The minimum atomic E-state index is -0.970. The number of nitrogens with one attached hydrogen (secondary N) is 1. The maximum absolute atomic E-state index is 12.8. The van der Waals surface area contributed by atoms with Gasteiger partial charge in [-0.1, -0.05) is 0 Å². The van der Waals surface area contributed by atoms with Crippen molar-refractivity contribution in [1.29, 1.82) is 0 Å². The molecule has 0 spiro atoms. The van der Waals surface area contributed by atoms with Crippen LogP contribution in [0.2, 0.25) is 0 Å². The molecule has 1 amide bonds. The van der Waals surface area contributed by atoms with Crippen LogP contribution in [0, 0.1) is 5.82 Å². The first kappa shape index (κ1) is 19.9. The molecule has 0 bridgehead atoms. The summed E-state index contributed by atoms with van der Waals surface area (Å²) in [6.07, 6.45) is -0.970. The number of ether oxygens (including phenoxy) is 3. The number of anilines is 1. The van der Waals surface area contributed by atoms with E-state index in [0.717, 1.165) is 0 Å². The van der Waals surface area contributed by atoms with E-state index >= 15 is 0 Å². The average Bonchev–Trinajstić information content (AvgIpc) is 2.67. The van der Waals surface area contributed by atoms with Crippen molar-refractivity contribution in [2.75, 3.05) is 19.0 Å². The standard InChI is InChI=1S/C19H18FNO6/c1-12(27-16-9-5-14(20)6-10-16)18(23)26-11-17(22)21-15-7-3-13(4-8-15)19(24)25-2/h3-10,12H,11H2,1-2H3,(H,21,22)/t12-/m0/s1. The Morgan fingerprint density at radius 2 is 1.67 bits per heavy atom. The van der Waals surface area contributed by atoms with Crippen LogP contribution in [-0.4, -0.2) is 37.7 Å². The largest absolute Gasteiger partial charge is 0.479 e. The SMILES string of the molecule is COC(=O)c1ccc(NC(=O)COC(=O)[C@H](C)Oc2ccc(F)cc2)cc1. The van der Waals surface area contributed by atoms with Gasteiger partial charge in [0.2, 0.25) is 0 Å². The third-order valence-electron chi connectivity index (χ3n) is 3.39. The number of rotatable bonds is 7. The molecule has 0 radical (unpaired) electrons. The topological polar surface area (TPSA) is 90.9 Å². The van der Waals surface area contributed by atoms with Gasteiger partial charge in [0.05, 0.1) is 12.7 Å². The lowest BCUT2D eigenvalue weighted by atomic mass is 10.2. The number of carbonyl (C=O) groups is 3. The van der Waals surface area contributed by atoms with Gasteiger partial charge in [0.15, 0.2) is 12.7 Å². The fraction of sp³-hybridized carbons (Fsp3) is 0.211. The van der Waals surface area contributed by atoms with Gasteiger partial charge in [0.1, 0.15) is 11.6 Å². The van der Waals surface area contributed by atoms with Crippen molar-refractivity contribution in [3.05, 3.63) is 59.9 Å². The predicted molar refractivity (Wildman–Crippen MR) is 93.9 cm³/mol. The van der Waals surface area contributed by atoms with Gasteiger partial charge in [-0.2, -0.15) is 0 Å². The van der Waals surface area contributed by atoms with Gasteiger partial charge in [0.25, 0.3) is 5.91 Å². The fourth-order valence-electron chi connectivity index (χ4n) is 2.02. The summed E-state index contributed by atoms with van der Waals surface area (Å²) in [5, 5.41) is 2.53. The first-order valence-electron chi connectivity index (χ1n) is 7.96. The molecule has 0 aliphatic heterocycles. The Labute approximate surface area is 155 Å². The second-order valence-electron chi connectivity index (χ2n) is 5.44. The molecule has 2 aromatic carbocycles. The average molecular weight is 375 g/mol. The van der Waals surface area contributed by atoms with Gasteiger partial charge in [-0.25, -0.2) is 14.0 Å². The molecule has 0 saturated heterocycles. The second kappa shape index (κ2) is 9.33. The first-order valence-corrected chi connectivity index (χ1v) is 7.96. The minimum Gasteiger partial charge on any atom is -0.479 e. The molecule has 2 rings (SSSR count). The van der Waals surface area contributed by atoms with E-state index in [-0.39, 0.29) is 0 Å². The van der Waals surface area contributed by atoms with Crippen molar-refractivity contribution in [2.45, 2.75) is 13.0 Å². The zero-order valence-corrected chi connectivity index (χ0v) is 14.7. The molecular formula is C19H18FNO6. The van der Waals surface area contributed by atoms with Crippen molar-refractivity contribution < 1.29 is 33.0 Å². The van der Waals surface area contributed by atoms with E-state index in [1.54, 1.807) is 0 Å². The number of carbonyl (C=O) groups excluding carboxylic acids is 3. The molecule has 2 aromatic rings. The van der Waals surface area contributed by atoms with Crippen molar-refractivity contribution in [2.24, 2.45) is 0 Å². The van der Waals surface area contributed by atoms with E-state index in [9.17, 15) is 18.8 Å². The third kappa shape index (κ3) is 6.10.